The molecular formula is C26H23F6N5O2. The Morgan fingerprint density at radius 3 is 2.33 bits per heavy atom. The maximum Gasteiger partial charge on any atom is 0.416 e. The number of alkyl halides is 6. The first-order valence-electron chi connectivity index (χ1n) is 11.8. The highest BCUT2D eigenvalue weighted by molar-refractivity contribution is 5.92. The summed E-state index contributed by atoms with van der Waals surface area (Å²) in [7, 11) is 0. The van der Waals surface area contributed by atoms with Crippen LogP contribution in [0.25, 0.3) is 22.6 Å². The largest absolute Gasteiger partial charge is 0.475 e. The van der Waals surface area contributed by atoms with Crippen molar-refractivity contribution >= 4 is 23.0 Å². The highest BCUT2D eigenvalue weighted by Crippen LogP contribution is 2.37. The van der Waals surface area contributed by atoms with E-state index in [1.807, 2.05) is 25.1 Å². The summed E-state index contributed by atoms with van der Waals surface area (Å²) in [5.74, 6) is -1.77. The number of anilines is 1. The fourth-order valence-electron chi connectivity index (χ4n) is 4.01. The molecule has 1 saturated carbocycles. The van der Waals surface area contributed by atoms with Gasteiger partial charge in [-0.3, -0.25) is 0 Å². The van der Waals surface area contributed by atoms with Gasteiger partial charge in [-0.15, -0.1) is 0 Å². The van der Waals surface area contributed by atoms with E-state index in [2.05, 4.69) is 20.3 Å². The maximum absolute atomic E-state index is 14.8. The number of aromatic nitrogens is 4. The standard InChI is InChI=1S/C25H21F4N5O2.CH2F2/c1-13-3-2-4-16(11-13)23-33-21-18(34(23)12-14-5-9-17(10-6-14)25(27,28)29)20(30-19(26)15-7-8-15)31-22(32-21)24(35)36;2-1-3/h2-6,9-11,15,19H,7-8,12H2,1H3,(H,35,36)(H,30,31,32);1H2/t19-;/m1./s1. The van der Waals surface area contributed by atoms with Crippen molar-refractivity contribution < 1.29 is 36.2 Å². The molecule has 1 fully saturated rings. The number of hydrogen-bond donors (Lipinski definition) is 2. The van der Waals surface area contributed by atoms with Crippen LogP contribution < -0.4 is 5.32 Å². The number of imidazole rings is 1. The zero-order chi connectivity index (χ0) is 28.3. The van der Waals surface area contributed by atoms with Crippen molar-refractivity contribution in [2.75, 3.05) is 12.2 Å². The van der Waals surface area contributed by atoms with E-state index in [1.54, 1.807) is 10.6 Å². The van der Waals surface area contributed by atoms with E-state index in [1.165, 1.54) is 12.1 Å². The summed E-state index contributed by atoms with van der Waals surface area (Å²) in [6, 6.07) is 12.1. The van der Waals surface area contributed by atoms with Crippen LogP contribution >= 0.6 is 0 Å². The number of aromatic carboxylic acids is 1. The molecule has 2 aromatic carbocycles. The SMILES string of the molecule is Cc1cccc(-c2nc3nc(C(=O)O)nc(N[C@@H](F)C4CC4)c3n2Cc2ccc(C(F)(F)F)cc2)c1.FCF. The first kappa shape index (κ1) is 27.9. The lowest BCUT2D eigenvalue weighted by Gasteiger charge is -2.15. The van der Waals surface area contributed by atoms with Crippen LogP contribution in [0.2, 0.25) is 0 Å². The molecule has 0 radical (unpaired) electrons. The molecule has 0 spiro atoms. The van der Waals surface area contributed by atoms with E-state index in [-0.39, 0.29) is 29.4 Å². The molecular weight excluding hydrogens is 528 g/mol. The molecule has 0 saturated heterocycles. The van der Waals surface area contributed by atoms with Crippen molar-refractivity contribution in [1.29, 1.82) is 0 Å². The number of benzene rings is 2. The molecule has 13 heteroatoms. The number of aryl methyl sites for hydroxylation is 1. The van der Waals surface area contributed by atoms with Crippen LogP contribution in [-0.2, 0) is 12.7 Å². The first-order chi connectivity index (χ1) is 18.5. The summed E-state index contributed by atoms with van der Waals surface area (Å²) in [5.41, 5.74) is 1.68. The minimum absolute atomic E-state index is 0.0323. The lowest BCUT2D eigenvalue weighted by Crippen LogP contribution is -2.19. The summed E-state index contributed by atoms with van der Waals surface area (Å²) < 4.78 is 74.9. The molecule has 39 heavy (non-hydrogen) atoms. The van der Waals surface area contributed by atoms with Gasteiger partial charge in [-0.1, -0.05) is 35.9 Å². The molecule has 1 aliphatic carbocycles. The minimum Gasteiger partial charge on any atom is -0.475 e. The molecule has 0 aliphatic heterocycles. The number of halogens is 6. The first-order valence-corrected chi connectivity index (χ1v) is 11.8. The van der Waals surface area contributed by atoms with Crippen LogP contribution in [0.1, 0.15) is 40.2 Å². The van der Waals surface area contributed by atoms with Crippen LogP contribution in [-0.4, -0.2) is 43.8 Å². The summed E-state index contributed by atoms with van der Waals surface area (Å²) in [5, 5.41) is 12.2. The predicted octanol–water partition coefficient (Wildman–Crippen LogP) is 6.57. The molecule has 0 bridgehead atoms. The maximum atomic E-state index is 14.8. The number of carbonyl (C=O) groups is 1. The smallest absolute Gasteiger partial charge is 0.416 e. The summed E-state index contributed by atoms with van der Waals surface area (Å²) in [6.07, 6.45) is -4.51. The van der Waals surface area contributed by atoms with Crippen molar-refractivity contribution in [1.82, 2.24) is 19.5 Å². The number of hydrogen-bond acceptors (Lipinski definition) is 5. The van der Waals surface area contributed by atoms with Crippen LogP contribution in [0.4, 0.5) is 32.2 Å². The molecule has 1 atom stereocenters. The zero-order valence-electron chi connectivity index (χ0n) is 20.5. The number of rotatable bonds is 7. The van der Waals surface area contributed by atoms with Crippen LogP contribution in [0.3, 0.4) is 0 Å². The topological polar surface area (TPSA) is 92.9 Å². The third-order valence-corrected chi connectivity index (χ3v) is 6.00. The van der Waals surface area contributed by atoms with Gasteiger partial charge in [-0.05, 0) is 43.5 Å². The Hall–Kier alpha value is -4.16. The molecule has 2 N–H and O–H groups in total. The van der Waals surface area contributed by atoms with Gasteiger partial charge >= 0.3 is 12.1 Å². The number of carboxylic acid groups (broad SMARTS) is 1. The second kappa shape index (κ2) is 11.3. The Morgan fingerprint density at radius 1 is 1.10 bits per heavy atom. The van der Waals surface area contributed by atoms with Crippen molar-refractivity contribution in [3.63, 3.8) is 0 Å². The molecule has 206 valence electrons. The Bertz CT molecular complexity index is 1470. The fraction of sp³-hybridized carbons (Fsp3) is 0.308. The fourth-order valence-corrected chi connectivity index (χ4v) is 4.01. The highest BCUT2D eigenvalue weighted by Gasteiger charge is 2.33. The van der Waals surface area contributed by atoms with Gasteiger partial charge in [-0.2, -0.15) is 13.2 Å². The van der Waals surface area contributed by atoms with Crippen LogP contribution in [0, 0.1) is 12.8 Å². The van der Waals surface area contributed by atoms with Crippen molar-refractivity contribution in [2.45, 2.75) is 38.8 Å². The minimum atomic E-state index is -4.47. The summed E-state index contributed by atoms with van der Waals surface area (Å²) >= 11 is 0. The zero-order valence-corrected chi connectivity index (χ0v) is 20.5. The van der Waals surface area contributed by atoms with E-state index in [9.17, 15) is 36.2 Å². The predicted molar refractivity (Wildman–Crippen MR) is 131 cm³/mol. The highest BCUT2D eigenvalue weighted by atomic mass is 19.4. The van der Waals surface area contributed by atoms with Gasteiger partial charge in [0.2, 0.25) is 12.8 Å². The Labute approximate surface area is 218 Å². The lowest BCUT2D eigenvalue weighted by molar-refractivity contribution is -0.137. The van der Waals surface area contributed by atoms with Gasteiger partial charge in [0.25, 0.3) is 0 Å². The normalized spacial score (nSPS) is 14.0. The van der Waals surface area contributed by atoms with Crippen LogP contribution in [0.15, 0.2) is 48.5 Å². The van der Waals surface area contributed by atoms with Gasteiger partial charge in [0.05, 0.1) is 5.56 Å². The Balaban J connectivity index is 0.00000112. The molecule has 2 heterocycles. The van der Waals surface area contributed by atoms with Crippen molar-refractivity contribution in [2.24, 2.45) is 5.92 Å². The molecule has 0 unspecified atom stereocenters. The average Bonchev–Trinajstić information content (AvgIpc) is 3.66. The van der Waals surface area contributed by atoms with E-state index in [0.29, 0.717) is 29.8 Å². The van der Waals surface area contributed by atoms with E-state index in [0.717, 1.165) is 17.7 Å². The molecule has 2 aromatic heterocycles. The van der Waals surface area contributed by atoms with E-state index in [4.69, 9.17) is 0 Å². The summed E-state index contributed by atoms with van der Waals surface area (Å²) in [6.45, 7) is 0.216. The second-order valence-corrected chi connectivity index (χ2v) is 8.94. The van der Waals surface area contributed by atoms with Crippen molar-refractivity contribution in [3.05, 3.63) is 71.0 Å². The van der Waals surface area contributed by atoms with E-state index >= 15 is 0 Å². The average molecular weight is 551 g/mol. The van der Waals surface area contributed by atoms with Gasteiger partial charge in [0.1, 0.15) is 11.3 Å². The number of nitrogens with one attached hydrogen (secondary N) is 1. The third-order valence-electron chi connectivity index (χ3n) is 6.00. The number of nitrogens with zero attached hydrogens (tertiary/aromatic N) is 4. The quantitative estimate of drug-likeness (QED) is 0.200. The molecule has 4 aromatic rings. The molecule has 5 rings (SSSR count). The third kappa shape index (κ3) is 6.47. The Kier molecular flexibility index (Phi) is 8.07. The molecule has 0 amide bonds. The Morgan fingerprint density at radius 2 is 1.77 bits per heavy atom. The molecule has 7 nitrogen and oxygen atoms in total. The van der Waals surface area contributed by atoms with Crippen molar-refractivity contribution in [3.8, 4) is 11.4 Å². The van der Waals surface area contributed by atoms with Gasteiger partial charge in [-0.25, -0.2) is 32.9 Å². The summed E-state index contributed by atoms with van der Waals surface area (Å²) in [4.78, 5) is 24.3. The van der Waals surface area contributed by atoms with Crippen LogP contribution in [0.5, 0.6) is 0 Å². The second-order valence-electron chi connectivity index (χ2n) is 8.94. The van der Waals surface area contributed by atoms with E-state index < -0.39 is 36.8 Å². The lowest BCUT2D eigenvalue weighted by atomic mass is 10.1. The molecule has 1 aliphatic rings. The number of carboxylic acids is 1. The van der Waals surface area contributed by atoms with Gasteiger partial charge in [0, 0.05) is 18.0 Å². The van der Waals surface area contributed by atoms with Gasteiger partial charge in [0.15, 0.2) is 17.8 Å². The monoisotopic (exact) mass is 551 g/mol. The number of fused-ring (bicyclic) bond motifs is 1. The van der Waals surface area contributed by atoms with Gasteiger partial charge < -0.3 is 15.0 Å².